The predicted octanol–water partition coefficient (Wildman–Crippen LogP) is 0.939. The van der Waals surface area contributed by atoms with Crippen molar-refractivity contribution >= 4 is 23.0 Å². The molecule has 1 amide bonds. The molecule has 8 nitrogen and oxygen atoms in total. The molecule has 0 spiro atoms. The Kier molecular flexibility index (Phi) is 4.34. The number of hydrogen-bond donors (Lipinski definition) is 1. The van der Waals surface area contributed by atoms with Crippen molar-refractivity contribution in [1.29, 1.82) is 0 Å². The third-order valence-electron chi connectivity index (χ3n) is 4.26. The van der Waals surface area contributed by atoms with Gasteiger partial charge in [0.05, 0.1) is 11.8 Å². The fourth-order valence-corrected chi connectivity index (χ4v) is 3.65. The molecule has 0 saturated carbocycles. The molecule has 0 radical (unpaired) electrons. The summed E-state index contributed by atoms with van der Waals surface area (Å²) in [7, 11) is 2.72. The zero-order valence-corrected chi connectivity index (χ0v) is 14.9. The molecule has 2 aromatic heterocycles. The van der Waals surface area contributed by atoms with E-state index in [1.165, 1.54) is 30.4 Å². The SMILES string of the molecule is CCC(=O)N1N=C(c2c(O)n(C)c(=O)n(C)c2=O)C[C@@H]1c1cccs1. The monoisotopic (exact) mass is 362 g/mol. The van der Waals surface area contributed by atoms with Crippen LogP contribution in [0.25, 0.3) is 0 Å². The van der Waals surface area contributed by atoms with Crippen LogP contribution in [0.1, 0.15) is 36.2 Å². The molecule has 1 atom stereocenters. The molecule has 1 N–H and O–H groups in total. The number of rotatable bonds is 3. The highest BCUT2D eigenvalue weighted by Gasteiger charge is 2.35. The fourth-order valence-electron chi connectivity index (χ4n) is 2.84. The van der Waals surface area contributed by atoms with Crippen molar-refractivity contribution in [2.24, 2.45) is 19.2 Å². The summed E-state index contributed by atoms with van der Waals surface area (Å²) in [6, 6.07) is 3.47. The van der Waals surface area contributed by atoms with E-state index >= 15 is 0 Å². The Labute approximate surface area is 147 Å². The second-order valence-electron chi connectivity index (χ2n) is 5.78. The van der Waals surface area contributed by atoms with Crippen molar-refractivity contribution in [3.63, 3.8) is 0 Å². The highest BCUT2D eigenvalue weighted by Crippen LogP contribution is 2.35. The zero-order valence-electron chi connectivity index (χ0n) is 14.1. The number of aromatic nitrogens is 2. The average molecular weight is 362 g/mol. The van der Waals surface area contributed by atoms with Gasteiger partial charge in [0, 0.05) is 31.8 Å². The summed E-state index contributed by atoms with van der Waals surface area (Å²) >= 11 is 1.50. The summed E-state index contributed by atoms with van der Waals surface area (Å²) in [4.78, 5) is 37.6. The van der Waals surface area contributed by atoms with Crippen LogP contribution >= 0.6 is 11.3 Å². The van der Waals surface area contributed by atoms with Crippen molar-refractivity contribution < 1.29 is 9.90 Å². The molecular weight excluding hydrogens is 344 g/mol. The van der Waals surface area contributed by atoms with Gasteiger partial charge in [-0.05, 0) is 11.4 Å². The quantitative estimate of drug-likeness (QED) is 0.879. The number of hydrazone groups is 1. The molecule has 1 aliphatic rings. The first-order valence-electron chi connectivity index (χ1n) is 7.79. The van der Waals surface area contributed by atoms with Gasteiger partial charge in [-0.2, -0.15) is 5.10 Å². The van der Waals surface area contributed by atoms with Crippen molar-refractivity contribution in [3.8, 4) is 5.88 Å². The van der Waals surface area contributed by atoms with Crippen LogP contribution in [0.4, 0.5) is 0 Å². The maximum Gasteiger partial charge on any atom is 0.333 e. The Morgan fingerprint density at radius 1 is 1.36 bits per heavy atom. The number of thiophene rings is 1. The topological polar surface area (TPSA) is 96.9 Å². The van der Waals surface area contributed by atoms with E-state index in [1.807, 2.05) is 17.5 Å². The van der Waals surface area contributed by atoms with Gasteiger partial charge in [-0.15, -0.1) is 11.3 Å². The first-order valence-corrected chi connectivity index (χ1v) is 8.67. The highest BCUT2D eigenvalue weighted by atomic mass is 32.1. The van der Waals surface area contributed by atoms with Crippen molar-refractivity contribution in [3.05, 3.63) is 48.8 Å². The summed E-state index contributed by atoms with van der Waals surface area (Å²) in [5, 5.41) is 17.9. The van der Waals surface area contributed by atoms with Gasteiger partial charge in [0.2, 0.25) is 11.8 Å². The maximum absolute atomic E-state index is 12.5. The highest BCUT2D eigenvalue weighted by molar-refractivity contribution is 7.10. The van der Waals surface area contributed by atoms with Crippen LogP contribution in [0.2, 0.25) is 0 Å². The lowest BCUT2D eigenvalue weighted by atomic mass is 10.0. The number of carbonyl (C=O) groups excluding carboxylic acids is 1. The number of nitrogens with zero attached hydrogens (tertiary/aromatic N) is 4. The smallest absolute Gasteiger partial charge is 0.333 e. The minimum absolute atomic E-state index is 0.0439. The third-order valence-corrected chi connectivity index (χ3v) is 5.24. The second kappa shape index (κ2) is 6.32. The normalized spacial score (nSPS) is 17.0. The van der Waals surface area contributed by atoms with Gasteiger partial charge in [0.15, 0.2) is 0 Å². The molecule has 3 heterocycles. The van der Waals surface area contributed by atoms with Crippen LogP contribution in [-0.2, 0) is 18.9 Å². The largest absolute Gasteiger partial charge is 0.494 e. The molecule has 9 heteroatoms. The van der Waals surface area contributed by atoms with E-state index in [0.717, 1.165) is 14.0 Å². The molecule has 2 aromatic rings. The summed E-state index contributed by atoms with van der Waals surface area (Å²) in [6.45, 7) is 1.74. The number of amides is 1. The Bertz CT molecular complexity index is 971. The fraction of sp³-hybridized carbons (Fsp3) is 0.375. The standard InChI is InChI=1S/C16H18N4O4S/c1-4-12(21)20-10(11-6-5-7-25-11)8-9(17-20)13-14(22)18(2)16(24)19(3)15(13)23/h5-7,10,22H,4,8H2,1-3H3/t10-/m1/s1. The van der Waals surface area contributed by atoms with E-state index in [1.54, 1.807) is 6.92 Å². The van der Waals surface area contributed by atoms with Crippen molar-refractivity contribution in [1.82, 2.24) is 14.1 Å². The zero-order chi connectivity index (χ0) is 18.3. The van der Waals surface area contributed by atoms with Crippen LogP contribution in [0.3, 0.4) is 0 Å². The molecule has 0 unspecified atom stereocenters. The van der Waals surface area contributed by atoms with E-state index in [2.05, 4.69) is 5.10 Å². The summed E-state index contributed by atoms with van der Waals surface area (Å²) in [6.07, 6.45) is 0.573. The molecule has 25 heavy (non-hydrogen) atoms. The van der Waals surface area contributed by atoms with Crippen LogP contribution in [0, 0.1) is 0 Å². The lowest BCUT2D eigenvalue weighted by molar-refractivity contribution is -0.132. The molecule has 0 saturated heterocycles. The minimum atomic E-state index is -0.630. The Balaban J connectivity index is 2.15. The van der Waals surface area contributed by atoms with Crippen LogP contribution in [0.5, 0.6) is 5.88 Å². The van der Waals surface area contributed by atoms with Crippen molar-refractivity contribution in [2.75, 3.05) is 0 Å². The lowest BCUT2D eigenvalue weighted by Gasteiger charge is -2.19. The van der Waals surface area contributed by atoms with Crippen LogP contribution in [0.15, 0.2) is 32.2 Å². The van der Waals surface area contributed by atoms with Gasteiger partial charge in [0.1, 0.15) is 5.56 Å². The molecule has 0 aromatic carbocycles. The third kappa shape index (κ3) is 2.70. The second-order valence-corrected chi connectivity index (χ2v) is 6.76. The summed E-state index contributed by atoms with van der Waals surface area (Å²) in [5.41, 5.74) is -0.998. The van der Waals surface area contributed by atoms with E-state index in [-0.39, 0.29) is 23.9 Å². The van der Waals surface area contributed by atoms with Crippen LogP contribution in [-0.4, -0.2) is 30.9 Å². The van der Waals surface area contributed by atoms with E-state index in [9.17, 15) is 19.5 Å². The number of carbonyl (C=O) groups is 1. The lowest BCUT2D eigenvalue weighted by Crippen LogP contribution is -2.39. The molecule has 0 fully saturated rings. The Morgan fingerprint density at radius 2 is 2.08 bits per heavy atom. The molecule has 0 aliphatic carbocycles. The first-order chi connectivity index (χ1) is 11.9. The Hall–Kier alpha value is -2.68. The molecule has 132 valence electrons. The average Bonchev–Trinajstić information content (AvgIpc) is 3.27. The van der Waals surface area contributed by atoms with Crippen LogP contribution < -0.4 is 11.2 Å². The molecular formula is C16H18N4O4S. The molecule has 3 rings (SSSR count). The van der Waals surface area contributed by atoms with Gasteiger partial charge in [-0.3, -0.25) is 18.7 Å². The van der Waals surface area contributed by atoms with Gasteiger partial charge in [0.25, 0.3) is 5.56 Å². The molecule has 1 aliphatic heterocycles. The van der Waals surface area contributed by atoms with Gasteiger partial charge in [-0.1, -0.05) is 13.0 Å². The molecule has 0 bridgehead atoms. The van der Waals surface area contributed by atoms with Crippen molar-refractivity contribution in [2.45, 2.75) is 25.8 Å². The number of hydrogen-bond acceptors (Lipinski definition) is 6. The van der Waals surface area contributed by atoms with E-state index in [0.29, 0.717) is 12.1 Å². The maximum atomic E-state index is 12.5. The summed E-state index contributed by atoms with van der Waals surface area (Å²) < 4.78 is 1.91. The predicted molar refractivity (Wildman–Crippen MR) is 93.9 cm³/mol. The van der Waals surface area contributed by atoms with E-state index < -0.39 is 17.1 Å². The van der Waals surface area contributed by atoms with Gasteiger partial charge < -0.3 is 5.11 Å². The van der Waals surface area contributed by atoms with Gasteiger partial charge in [-0.25, -0.2) is 9.80 Å². The van der Waals surface area contributed by atoms with E-state index in [4.69, 9.17) is 0 Å². The Morgan fingerprint density at radius 3 is 2.68 bits per heavy atom. The summed E-state index contributed by atoms with van der Waals surface area (Å²) in [5.74, 6) is -0.614. The van der Waals surface area contributed by atoms with Gasteiger partial charge >= 0.3 is 5.69 Å². The number of aromatic hydroxyl groups is 1. The minimum Gasteiger partial charge on any atom is -0.494 e. The first kappa shape index (κ1) is 17.2.